The minimum atomic E-state index is -0.349. The van der Waals surface area contributed by atoms with Crippen LogP contribution in [0.25, 0.3) is 5.69 Å². The second-order valence-electron chi connectivity index (χ2n) is 7.73. The van der Waals surface area contributed by atoms with Crippen molar-refractivity contribution in [1.29, 1.82) is 0 Å². The predicted molar refractivity (Wildman–Crippen MR) is 103 cm³/mol. The average molecular weight is 353 g/mol. The molecule has 6 nitrogen and oxygen atoms in total. The Balaban J connectivity index is 1.37. The molecule has 1 saturated carbocycles. The number of aromatic nitrogens is 2. The van der Waals surface area contributed by atoms with Crippen LogP contribution in [0.4, 0.5) is 5.82 Å². The molecule has 1 saturated heterocycles. The first-order valence-corrected chi connectivity index (χ1v) is 9.40. The number of benzene rings is 1. The van der Waals surface area contributed by atoms with Gasteiger partial charge in [0.1, 0.15) is 5.82 Å². The van der Waals surface area contributed by atoms with E-state index in [0.29, 0.717) is 6.04 Å². The van der Waals surface area contributed by atoms with Crippen molar-refractivity contribution in [1.82, 2.24) is 19.8 Å². The molecule has 2 fully saturated rings. The molecule has 0 amide bonds. The van der Waals surface area contributed by atoms with Crippen LogP contribution in [0.2, 0.25) is 0 Å². The van der Waals surface area contributed by atoms with E-state index >= 15 is 0 Å². The zero-order chi connectivity index (χ0) is 18.3. The molecule has 0 radical (unpaired) electrons. The van der Waals surface area contributed by atoms with Crippen LogP contribution in [0.5, 0.6) is 0 Å². The molecule has 1 aliphatic heterocycles. The Labute approximate surface area is 154 Å². The van der Waals surface area contributed by atoms with Crippen LogP contribution in [0, 0.1) is 17.8 Å². The van der Waals surface area contributed by atoms with Crippen molar-refractivity contribution in [2.24, 2.45) is 17.8 Å². The lowest BCUT2D eigenvalue weighted by atomic mass is 10.0. The van der Waals surface area contributed by atoms with Crippen molar-refractivity contribution in [2.45, 2.75) is 19.4 Å². The minimum Gasteiger partial charge on any atom is -0.383 e. The third kappa shape index (κ3) is 3.27. The number of anilines is 1. The van der Waals surface area contributed by atoms with Gasteiger partial charge in [-0.05, 0) is 68.5 Å². The highest BCUT2D eigenvalue weighted by molar-refractivity contribution is 5.36. The Kier molecular flexibility index (Phi) is 4.54. The maximum absolute atomic E-state index is 11.9. The fraction of sp³-hybridized carbons (Fsp3) is 0.500. The van der Waals surface area contributed by atoms with Gasteiger partial charge < -0.3 is 11.1 Å². The largest absolute Gasteiger partial charge is 0.383 e. The molecule has 4 rings (SSSR count). The van der Waals surface area contributed by atoms with Crippen LogP contribution in [0.1, 0.15) is 12.5 Å². The smallest absolute Gasteiger partial charge is 0.354 e. The molecular weight excluding hydrogens is 326 g/mol. The molecule has 2 aromatic rings. The molecule has 3 atom stereocenters. The minimum absolute atomic E-state index is 0.248. The summed E-state index contributed by atoms with van der Waals surface area (Å²) in [4.78, 5) is 18.4. The van der Waals surface area contributed by atoms with E-state index in [4.69, 9.17) is 5.73 Å². The quantitative estimate of drug-likeness (QED) is 0.815. The van der Waals surface area contributed by atoms with Crippen LogP contribution < -0.4 is 16.7 Å². The molecule has 0 spiro atoms. The van der Waals surface area contributed by atoms with Crippen molar-refractivity contribution in [3.8, 4) is 5.69 Å². The monoisotopic (exact) mass is 353 g/mol. The summed E-state index contributed by atoms with van der Waals surface area (Å²) in [5.41, 5.74) is 7.31. The van der Waals surface area contributed by atoms with Gasteiger partial charge in [-0.1, -0.05) is 12.1 Å². The van der Waals surface area contributed by atoms with Gasteiger partial charge >= 0.3 is 5.69 Å². The zero-order valence-corrected chi connectivity index (χ0v) is 15.4. The molecule has 138 valence electrons. The molecule has 2 heterocycles. The number of nitrogen functional groups attached to an aromatic ring is 1. The van der Waals surface area contributed by atoms with Crippen molar-refractivity contribution in [3.63, 3.8) is 0 Å². The fourth-order valence-electron chi connectivity index (χ4n) is 4.46. The van der Waals surface area contributed by atoms with Crippen LogP contribution in [-0.4, -0.2) is 47.2 Å². The lowest BCUT2D eigenvalue weighted by molar-refractivity contribution is 0.218. The number of hydrogen-bond donors (Lipinski definition) is 2. The fourth-order valence-corrected chi connectivity index (χ4v) is 4.46. The summed E-state index contributed by atoms with van der Waals surface area (Å²) in [7, 11) is 2.05. The molecule has 3 unspecified atom stereocenters. The number of nitrogens with zero attached hydrogens (tertiary/aromatic N) is 3. The van der Waals surface area contributed by atoms with E-state index in [1.54, 1.807) is 12.3 Å². The molecule has 1 aliphatic carbocycles. The van der Waals surface area contributed by atoms with Crippen molar-refractivity contribution < 1.29 is 0 Å². The molecule has 6 heteroatoms. The van der Waals surface area contributed by atoms with E-state index in [1.165, 1.54) is 29.8 Å². The first kappa shape index (κ1) is 17.2. The predicted octanol–water partition coefficient (Wildman–Crippen LogP) is 1.14. The Morgan fingerprint density at radius 1 is 1.23 bits per heavy atom. The van der Waals surface area contributed by atoms with E-state index in [1.807, 2.05) is 19.2 Å². The Bertz CT molecular complexity index is 819. The number of hydrogen-bond acceptors (Lipinski definition) is 5. The second kappa shape index (κ2) is 6.85. The topological polar surface area (TPSA) is 76.2 Å². The molecule has 1 aromatic heterocycles. The molecule has 2 aliphatic rings. The van der Waals surface area contributed by atoms with Gasteiger partial charge in [0.25, 0.3) is 0 Å². The van der Waals surface area contributed by atoms with E-state index in [9.17, 15) is 4.79 Å². The molecule has 1 aromatic carbocycles. The van der Waals surface area contributed by atoms with Crippen LogP contribution in [0.15, 0.2) is 41.3 Å². The molecule has 3 N–H and O–H groups in total. The average Bonchev–Trinajstić information content (AvgIpc) is 3.06. The standard InChI is InChI=1S/C20H27N5O/c1-13(24-11-17-16(10-22-2)18(17)12-24)9-14-3-5-15(6-4-14)25-8-7-19(21)23-20(25)26/h3-8,13,16-18,22H,9-12H2,1-2H3,(H2,21,23,26). The van der Waals surface area contributed by atoms with E-state index in [2.05, 4.69) is 34.3 Å². The van der Waals surface area contributed by atoms with Gasteiger partial charge in [0.15, 0.2) is 0 Å². The van der Waals surface area contributed by atoms with Gasteiger partial charge in [0, 0.05) is 25.3 Å². The Morgan fingerprint density at radius 3 is 2.54 bits per heavy atom. The van der Waals surface area contributed by atoms with Crippen LogP contribution >= 0.6 is 0 Å². The number of likely N-dealkylation sites (tertiary alicyclic amines) is 1. The molecular formula is C20H27N5O. The second-order valence-corrected chi connectivity index (χ2v) is 7.73. The normalized spacial score (nSPS) is 25.8. The van der Waals surface area contributed by atoms with Crippen LogP contribution in [0.3, 0.4) is 0 Å². The summed E-state index contributed by atoms with van der Waals surface area (Å²) >= 11 is 0. The summed E-state index contributed by atoms with van der Waals surface area (Å²) in [6.45, 7) is 5.96. The highest BCUT2D eigenvalue weighted by Gasteiger charge is 2.55. The van der Waals surface area contributed by atoms with E-state index in [-0.39, 0.29) is 11.5 Å². The summed E-state index contributed by atoms with van der Waals surface area (Å²) < 4.78 is 1.51. The number of piperidine rings is 1. The zero-order valence-electron chi connectivity index (χ0n) is 15.4. The highest BCUT2D eigenvalue weighted by Crippen LogP contribution is 2.51. The maximum atomic E-state index is 11.9. The lowest BCUT2D eigenvalue weighted by Crippen LogP contribution is -2.35. The van der Waals surface area contributed by atoms with Gasteiger partial charge in [-0.3, -0.25) is 9.47 Å². The highest BCUT2D eigenvalue weighted by atomic mass is 16.1. The number of nitrogens with one attached hydrogen (secondary N) is 1. The Morgan fingerprint density at radius 2 is 1.92 bits per heavy atom. The van der Waals surface area contributed by atoms with Gasteiger partial charge in [0.2, 0.25) is 0 Å². The van der Waals surface area contributed by atoms with E-state index in [0.717, 1.165) is 29.9 Å². The van der Waals surface area contributed by atoms with E-state index < -0.39 is 0 Å². The van der Waals surface area contributed by atoms with Gasteiger partial charge in [-0.2, -0.15) is 4.98 Å². The van der Waals surface area contributed by atoms with Crippen molar-refractivity contribution in [2.75, 3.05) is 32.4 Å². The third-order valence-corrected chi connectivity index (χ3v) is 6.03. The third-order valence-electron chi connectivity index (χ3n) is 6.03. The van der Waals surface area contributed by atoms with Gasteiger partial charge in [-0.15, -0.1) is 0 Å². The lowest BCUT2D eigenvalue weighted by Gasteiger charge is -2.27. The SMILES string of the molecule is CNCC1C2CN(C(C)Cc3ccc(-n4ccc(N)nc4=O)cc3)CC12. The number of nitrogens with two attached hydrogens (primary N) is 1. The summed E-state index contributed by atoms with van der Waals surface area (Å²) in [6, 6.07) is 10.4. The van der Waals surface area contributed by atoms with Gasteiger partial charge in [-0.25, -0.2) is 4.79 Å². The number of rotatable bonds is 6. The summed E-state index contributed by atoms with van der Waals surface area (Å²) in [5.74, 6) is 2.95. The first-order valence-electron chi connectivity index (χ1n) is 9.40. The van der Waals surface area contributed by atoms with Crippen molar-refractivity contribution >= 4 is 5.82 Å². The number of fused-ring (bicyclic) bond motifs is 1. The first-order chi connectivity index (χ1) is 12.6. The summed E-state index contributed by atoms with van der Waals surface area (Å²) in [5, 5.41) is 3.31. The van der Waals surface area contributed by atoms with Crippen LogP contribution in [-0.2, 0) is 6.42 Å². The van der Waals surface area contributed by atoms with Gasteiger partial charge in [0.05, 0.1) is 5.69 Å². The molecule has 0 bridgehead atoms. The maximum Gasteiger partial charge on any atom is 0.354 e. The van der Waals surface area contributed by atoms with Crippen molar-refractivity contribution in [3.05, 3.63) is 52.6 Å². The Hall–Kier alpha value is -2.18. The molecule has 26 heavy (non-hydrogen) atoms. The summed E-state index contributed by atoms with van der Waals surface area (Å²) in [6.07, 6.45) is 2.70.